The summed E-state index contributed by atoms with van der Waals surface area (Å²) < 4.78 is 0. The summed E-state index contributed by atoms with van der Waals surface area (Å²) in [6.45, 7) is 6.00. The Balaban J connectivity index is 1.69. The minimum absolute atomic E-state index is 0.664. The van der Waals surface area contributed by atoms with Crippen molar-refractivity contribution in [1.29, 1.82) is 0 Å². The smallest absolute Gasteiger partial charge is 0.0396 e. The molecule has 0 aromatic heterocycles. The Kier molecular flexibility index (Phi) is 8.94. The molecule has 1 heterocycles. The van der Waals surface area contributed by atoms with Crippen LogP contribution in [0, 0.1) is 17.3 Å². The molecule has 3 atom stereocenters. The van der Waals surface area contributed by atoms with Crippen molar-refractivity contribution in [3.8, 4) is 0 Å². The number of rotatable bonds is 7. The van der Waals surface area contributed by atoms with Gasteiger partial charge in [0.05, 0.1) is 0 Å². The number of benzene rings is 1. The average Bonchev–Trinajstić information content (AvgIpc) is 2.86. The Labute approximate surface area is 181 Å². The minimum Gasteiger partial charge on any atom is -0.374 e. The standard InChI is InChI=1S/C28H47N/c1-4-6-11-19-28(18-7-5-2)20-12-10-14-24-22-25-15-8-9-17-27(25)29(3)23-26(24)16-13-21-28/h8-9,15,17,24,26H,4-7,10-14,16,18-23H2,1-3H3. The normalized spacial score (nSPS) is 28.3. The Morgan fingerprint density at radius 3 is 2.41 bits per heavy atom. The molecule has 0 amide bonds. The van der Waals surface area contributed by atoms with E-state index in [1.165, 1.54) is 109 Å². The fourth-order valence-electron chi connectivity index (χ4n) is 6.47. The molecule has 1 saturated carbocycles. The van der Waals surface area contributed by atoms with Crippen molar-refractivity contribution < 1.29 is 0 Å². The first-order valence-electron chi connectivity index (χ1n) is 13.0. The second-order valence-electron chi connectivity index (χ2n) is 10.4. The highest BCUT2D eigenvalue weighted by molar-refractivity contribution is 5.54. The van der Waals surface area contributed by atoms with Gasteiger partial charge in [-0.2, -0.15) is 0 Å². The van der Waals surface area contributed by atoms with E-state index in [1.54, 1.807) is 5.56 Å². The highest BCUT2D eigenvalue weighted by Crippen LogP contribution is 2.44. The molecule has 0 N–H and O–H groups in total. The molecule has 0 saturated heterocycles. The van der Waals surface area contributed by atoms with Crippen LogP contribution in [0.3, 0.4) is 0 Å². The fourth-order valence-corrected chi connectivity index (χ4v) is 6.47. The number of fused-ring (bicyclic) bond motifs is 2. The van der Waals surface area contributed by atoms with E-state index in [9.17, 15) is 0 Å². The van der Waals surface area contributed by atoms with Gasteiger partial charge in [0.25, 0.3) is 0 Å². The zero-order valence-electron chi connectivity index (χ0n) is 19.7. The van der Waals surface area contributed by atoms with E-state index in [4.69, 9.17) is 0 Å². The zero-order valence-corrected chi connectivity index (χ0v) is 19.7. The Morgan fingerprint density at radius 1 is 0.862 bits per heavy atom. The number of unbranched alkanes of at least 4 members (excludes halogenated alkanes) is 3. The summed E-state index contributed by atoms with van der Waals surface area (Å²) in [6.07, 6.45) is 21.6. The van der Waals surface area contributed by atoms with Crippen LogP contribution in [0.2, 0.25) is 0 Å². The first-order valence-corrected chi connectivity index (χ1v) is 13.0. The first-order chi connectivity index (χ1) is 14.2. The third-order valence-corrected chi connectivity index (χ3v) is 8.25. The lowest BCUT2D eigenvalue weighted by Crippen LogP contribution is -2.30. The molecule has 1 aromatic rings. The molecular formula is C28H47N. The molecule has 3 unspecified atom stereocenters. The largest absolute Gasteiger partial charge is 0.374 e. The number of para-hydroxylation sites is 1. The van der Waals surface area contributed by atoms with Crippen LogP contribution in [0.25, 0.3) is 0 Å². The molecule has 1 aromatic carbocycles. The molecule has 3 rings (SSSR count). The van der Waals surface area contributed by atoms with E-state index in [0.717, 1.165) is 11.8 Å². The molecule has 1 heteroatoms. The van der Waals surface area contributed by atoms with Gasteiger partial charge in [0, 0.05) is 19.3 Å². The summed E-state index contributed by atoms with van der Waals surface area (Å²) >= 11 is 0. The van der Waals surface area contributed by atoms with Crippen molar-refractivity contribution in [1.82, 2.24) is 0 Å². The van der Waals surface area contributed by atoms with Crippen LogP contribution in [0.5, 0.6) is 0 Å². The van der Waals surface area contributed by atoms with Gasteiger partial charge in [-0.25, -0.2) is 0 Å². The maximum atomic E-state index is 2.57. The maximum Gasteiger partial charge on any atom is 0.0396 e. The summed E-state index contributed by atoms with van der Waals surface area (Å²) in [5.74, 6) is 1.77. The predicted molar refractivity (Wildman–Crippen MR) is 129 cm³/mol. The molecule has 1 aliphatic carbocycles. The van der Waals surface area contributed by atoms with Crippen molar-refractivity contribution >= 4 is 5.69 Å². The lowest BCUT2D eigenvalue weighted by Gasteiger charge is -2.37. The van der Waals surface area contributed by atoms with Gasteiger partial charge >= 0.3 is 0 Å². The second-order valence-corrected chi connectivity index (χ2v) is 10.4. The van der Waals surface area contributed by atoms with Gasteiger partial charge in [-0.05, 0) is 73.8 Å². The topological polar surface area (TPSA) is 3.24 Å². The zero-order chi connectivity index (χ0) is 20.5. The molecule has 1 nitrogen and oxygen atoms in total. The summed E-state index contributed by atoms with van der Waals surface area (Å²) in [5, 5.41) is 0. The molecule has 0 bridgehead atoms. The van der Waals surface area contributed by atoms with Gasteiger partial charge in [-0.1, -0.05) is 83.4 Å². The quantitative estimate of drug-likeness (QED) is 0.417. The third kappa shape index (κ3) is 6.25. The predicted octanol–water partition coefficient (Wildman–Crippen LogP) is 8.41. The van der Waals surface area contributed by atoms with Gasteiger partial charge in [-0.3, -0.25) is 0 Å². The monoisotopic (exact) mass is 397 g/mol. The van der Waals surface area contributed by atoms with Crippen LogP contribution in [-0.2, 0) is 6.42 Å². The number of anilines is 1. The van der Waals surface area contributed by atoms with Gasteiger partial charge < -0.3 is 4.90 Å². The van der Waals surface area contributed by atoms with E-state index in [1.807, 2.05) is 0 Å². The maximum absolute atomic E-state index is 2.57. The van der Waals surface area contributed by atoms with Crippen LogP contribution in [0.4, 0.5) is 5.69 Å². The highest BCUT2D eigenvalue weighted by Gasteiger charge is 2.33. The summed E-state index contributed by atoms with van der Waals surface area (Å²) in [5.41, 5.74) is 3.75. The average molecular weight is 398 g/mol. The molecule has 29 heavy (non-hydrogen) atoms. The lowest BCUT2D eigenvalue weighted by atomic mass is 9.68. The van der Waals surface area contributed by atoms with E-state index >= 15 is 0 Å². The number of nitrogens with zero attached hydrogens (tertiary/aromatic N) is 1. The Morgan fingerprint density at radius 2 is 1.59 bits per heavy atom. The minimum atomic E-state index is 0.664. The molecule has 164 valence electrons. The summed E-state index contributed by atoms with van der Waals surface area (Å²) in [4.78, 5) is 2.57. The van der Waals surface area contributed by atoms with Crippen molar-refractivity contribution in [3.05, 3.63) is 29.8 Å². The number of hydrogen-bond donors (Lipinski definition) is 0. The van der Waals surface area contributed by atoms with Crippen LogP contribution < -0.4 is 4.90 Å². The highest BCUT2D eigenvalue weighted by atomic mass is 15.1. The van der Waals surface area contributed by atoms with Crippen molar-refractivity contribution in [2.45, 2.75) is 110 Å². The SMILES string of the molecule is CCCCCC1(CCCC)CCCCC2Cc3ccccc3N(C)CC2CCC1. The van der Waals surface area contributed by atoms with Crippen molar-refractivity contribution in [2.24, 2.45) is 17.3 Å². The van der Waals surface area contributed by atoms with E-state index in [-0.39, 0.29) is 0 Å². The Hall–Kier alpha value is -0.980. The summed E-state index contributed by atoms with van der Waals surface area (Å²) in [7, 11) is 2.33. The fraction of sp³-hybridized carbons (Fsp3) is 0.786. The molecule has 1 aliphatic heterocycles. The number of hydrogen-bond acceptors (Lipinski definition) is 1. The second kappa shape index (κ2) is 11.4. The van der Waals surface area contributed by atoms with E-state index in [2.05, 4.69) is 50.1 Å². The van der Waals surface area contributed by atoms with Crippen LogP contribution in [-0.4, -0.2) is 13.6 Å². The molecular weight excluding hydrogens is 350 g/mol. The molecule has 1 fully saturated rings. The summed E-state index contributed by atoms with van der Waals surface area (Å²) in [6, 6.07) is 9.19. The van der Waals surface area contributed by atoms with Crippen molar-refractivity contribution in [3.63, 3.8) is 0 Å². The molecule has 2 aliphatic rings. The van der Waals surface area contributed by atoms with Crippen LogP contribution in [0.15, 0.2) is 24.3 Å². The van der Waals surface area contributed by atoms with Gasteiger partial charge in [-0.15, -0.1) is 0 Å². The van der Waals surface area contributed by atoms with Gasteiger partial charge in [0.1, 0.15) is 0 Å². The molecule has 0 spiro atoms. The van der Waals surface area contributed by atoms with Gasteiger partial charge in [0.2, 0.25) is 0 Å². The van der Waals surface area contributed by atoms with E-state index < -0.39 is 0 Å². The van der Waals surface area contributed by atoms with Crippen molar-refractivity contribution in [2.75, 3.05) is 18.5 Å². The lowest BCUT2D eigenvalue weighted by molar-refractivity contribution is 0.153. The van der Waals surface area contributed by atoms with Crippen LogP contribution >= 0.6 is 0 Å². The molecule has 0 radical (unpaired) electrons. The third-order valence-electron chi connectivity index (χ3n) is 8.25. The van der Waals surface area contributed by atoms with Crippen LogP contribution in [0.1, 0.15) is 109 Å². The Bertz CT molecular complexity index is 594. The van der Waals surface area contributed by atoms with Gasteiger partial charge in [0.15, 0.2) is 0 Å². The van der Waals surface area contributed by atoms with E-state index in [0.29, 0.717) is 5.41 Å². The first kappa shape index (κ1) is 22.7.